The minimum Gasteiger partial charge on any atom is -0.481 e. The van der Waals surface area contributed by atoms with Crippen molar-refractivity contribution >= 4 is 17.9 Å². The molecule has 0 aromatic heterocycles. The third-order valence-electron chi connectivity index (χ3n) is 1.96. The van der Waals surface area contributed by atoms with E-state index in [1.807, 2.05) is 0 Å². The summed E-state index contributed by atoms with van der Waals surface area (Å²) in [7, 11) is 1.25. The molecule has 0 aliphatic heterocycles. The average Bonchev–Trinajstić information content (AvgIpc) is 2.33. The lowest BCUT2D eigenvalue weighted by atomic mass is 10.2. The molecular formula is C11H18O7. The Morgan fingerprint density at radius 1 is 1.00 bits per heavy atom. The molecule has 0 heterocycles. The van der Waals surface area contributed by atoms with E-state index in [-0.39, 0.29) is 32.7 Å². The normalized spacial score (nSPS) is 9.83. The SMILES string of the molecule is COC(=O)COCCOC(=O)CCCCC(=O)O. The van der Waals surface area contributed by atoms with Crippen LogP contribution in [-0.2, 0) is 28.6 Å². The summed E-state index contributed by atoms with van der Waals surface area (Å²) in [6.07, 6.45) is 1.16. The molecule has 0 saturated heterocycles. The van der Waals surface area contributed by atoms with Gasteiger partial charge in [0.2, 0.25) is 0 Å². The van der Waals surface area contributed by atoms with E-state index in [9.17, 15) is 14.4 Å². The number of hydrogen-bond donors (Lipinski definition) is 1. The Hall–Kier alpha value is -1.63. The number of esters is 2. The Morgan fingerprint density at radius 2 is 1.67 bits per heavy atom. The third kappa shape index (κ3) is 10.9. The summed E-state index contributed by atoms with van der Waals surface area (Å²) < 4.78 is 14.0. The van der Waals surface area contributed by atoms with E-state index in [4.69, 9.17) is 14.6 Å². The lowest BCUT2D eigenvalue weighted by Crippen LogP contribution is -2.15. The summed E-state index contributed by atoms with van der Waals surface area (Å²) in [5.41, 5.74) is 0. The molecule has 0 rings (SSSR count). The summed E-state index contributed by atoms with van der Waals surface area (Å²) in [6, 6.07) is 0. The van der Waals surface area contributed by atoms with Crippen LogP contribution >= 0.6 is 0 Å². The highest BCUT2D eigenvalue weighted by Gasteiger charge is 2.04. The molecule has 104 valence electrons. The predicted octanol–water partition coefficient (Wildman–Crippen LogP) is 0.364. The van der Waals surface area contributed by atoms with Gasteiger partial charge in [-0.2, -0.15) is 0 Å². The number of methoxy groups -OCH3 is 1. The molecule has 0 radical (unpaired) electrons. The number of hydrogen-bond acceptors (Lipinski definition) is 6. The van der Waals surface area contributed by atoms with Gasteiger partial charge in [-0.15, -0.1) is 0 Å². The Labute approximate surface area is 105 Å². The molecule has 0 spiro atoms. The third-order valence-corrected chi connectivity index (χ3v) is 1.96. The van der Waals surface area contributed by atoms with Crippen molar-refractivity contribution in [2.75, 3.05) is 26.9 Å². The van der Waals surface area contributed by atoms with Gasteiger partial charge in [0, 0.05) is 12.8 Å². The molecule has 0 fully saturated rings. The maximum Gasteiger partial charge on any atom is 0.331 e. The number of rotatable bonds is 10. The lowest BCUT2D eigenvalue weighted by Gasteiger charge is -2.05. The molecule has 7 nitrogen and oxygen atoms in total. The minimum absolute atomic E-state index is 0.0511. The number of aliphatic carboxylic acids is 1. The standard InChI is InChI=1S/C11H18O7/c1-16-11(15)8-17-6-7-18-10(14)5-3-2-4-9(12)13/h2-8H2,1H3,(H,12,13). The first kappa shape index (κ1) is 16.4. The number of ether oxygens (including phenoxy) is 3. The second-order valence-electron chi connectivity index (χ2n) is 3.45. The van der Waals surface area contributed by atoms with Gasteiger partial charge in [0.05, 0.1) is 13.7 Å². The largest absolute Gasteiger partial charge is 0.481 e. The molecule has 0 aromatic rings. The Kier molecular flexibility index (Phi) is 9.57. The lowest BCUT2D eigenvalue weighted by molar-refractivity contribution is -0.149. The number of unbranched alkanes of at least 4 members (excludes halogenated alkanes) is 1. The van der Waals surface area contributed by atoms with Crippen LogP contribution in [0.2, 0.25) is 0 Å². The highest BCUT2D eigenvalue weighted by molar-refractivity contribution is 5.70. The van der Waals surface area contributed by atoms with Crippen molar-refractivity contribution in [3.05, 3.63) is 0 Å². The Bertz CT molecular complexity index is 275. The van der Waals surface area contributed by atoms with Crippen molar-refractivity contribution in [3.8, 4) is 0 Å². The van der Waals surface area contributed by atoms with Crippen LogP contribution in [-0.4, -0.2) is 49.9 Å². The first-order valence-electron chi connectivity index (χ1n) is 5.58. The number of carbonyl (C=O) groups excluding carboxylic acids is 2. The predicted molar refractivity (Wildman–Crippen MR) is 59.9 cm³/mol. The fourth-order valence-corrected chi connectivity index (χ4v) is 1.05. The molecule has 0 saturated carbocycles. The molecule has 0 aromatic carbocycles. The first-order chi connectivity index (χ1) is 8.56. The smallest absolute Gasteiger partial charge is 0.331 e. The molecule has 0 bridgehead atoms. The molecule has 0 aliphatic rings. The van der Waals surface area contributed by atoms with Crippen molar-refractivity contribution in [2.24, 2.45) is 0 Å². The number of carboxylic acid groups (broad SMARTS) is 1. The summed E-state index contributed by atoms with van der Waals surface area (Å²) in [4.78, 5) is 32.0. The Morgan fingerprint density at radius 3 is 2.28 bits per heavy atom. The van der Waals surface area contributed by atoms with E-state index in [1.165, 1.54) is 7.11 Å². The van der Waals surface area contributed by atoms with Crippen molar-refractivity contribution in [2.45, 2.75) is 25.7 Å². The van der Waals surface area contributed by atoms with E-state index in [2.05, 4.69) is 4.74 Å². The van der Waals surface area contributed by atoms with E-state index in [0.717, 1.165) is 0 Å². The van der Waals surface area contributed by atoms with Crippen LogP contribution in [0.1, 0.15) is 25.7 Å². The van der Waals surface area contributed by atoms with Crippen LogP contribution < -0.4 is 0 Å². The summed E-state index contributed by atoms with van der Waals surface area (Å²) in [5, 5.41) is 8.37. The van der Waals surface area contributed by atoms with Gasteiger partial charge in [-0.3, -0.25) is 9.59 Å². The van der Waals surface area contributed by atoms with Crippen LogP contribution in [0.4, 0.5) is 0 Å². The van der Waals surface area contributed by atoms with E-state index >= 15 is 0 Å². The van der Waals surface area contributed by atoms with Gasteiger partial charge in [-0.05, 0) is 12.8 Å². The molecule has 7 heteroatoms. The molecular weight excluding hydrogens is 244 g/mol. The summed E-state index contributed by atoms with van der Waals surface area (Å²) in [6.45, 7) is 0.0113. The van der Waals surface area contributed by atoms with Crippen LogP contribution in [0, 0.1) is 0 Å². The summed E-state index contributed by atoms with van der Waals surface area (Å²) >= 11 is 0. The van der Waals surface area contributed by atoms with Crippen molar-refractivity contribution < 1.29 is 33.7 Å². The maximum atomic E-state index is 11.1. The van der Waals surface area contributed by atoms with Gasteiger partial charge < -0.3 is 19.3 Å². The van der Waals surface area contributed by atoms with Crippen LogP contribution in [0.5, 0.6) is 0 Å². The summed E-state index contributed by atoms with van der Waals surface area (Å²) in [5.74, 6) is -1.77. The quantitative estimate of drug-likeness (QED) is 0.448. The maximum absolute atomic E-state index is 11.1. The zero-order valence-electron chi connectivity index (χ0n) is 10.3. The monoisotopic (exact) mass is 262 g/mol. The van der Waals surface area contributed by atoms with Gasteiger partial charge in [0.1, 0.15) is 13.2 Å². The van der Waals surface area contributed by atoms with Gasteiger partial charge >= 0.3 is 17.9 Å². The molecule has 18 heavy (non-hydrogen) atoms. The van der Waals surface area contributed by atoms with Gasteiger partial charge in [0.25, 0.3) is 0 Å². The van der Waals surface area contributed by atoms with Crippen molar-refractivity contribution in [3.63, 3.8) is 0 Å². The first-order valence-corrected chi connectivity index (χ1v) is 5.58. The fraction of sp³-hybridized carbons (Fsp3) is 0.727. The second kappa shape index (κ2) is 10.5. The molecule has 0 unspecified atom stereocenters. The van der Waals surface area contributed by atoms with Crippen molar-refractivity contribution in [1.82, 2.24) is 0 Å². The minimum atomic E-state index is -0.875. The highest BCUT2D eigenvalue weighted by Crippen LogP contribution is 2.01. The van der Waals surface area contributed by atoms with Gasteiger partial charge in [-0.1, -0.05) is 0 Å². The second-order valence-corrected chi connectivity index (χ2v) is 3.45. The molecule has 1 N–H and O–H groups in total. The van der Waals surface area contributed by atoms with Crippen LogP contribution in [0.25, 0.3) is 0 Å². The zero-order chi connectivity index (χ0) is 13.8. The Balaban J connectivity index is 3.32. The van der Waals surface area contributed by atoms with Crippen molar-refractivity contribution in [1.29, 1.82) is 0 Å². The zero-order valence-corrected chi connectivity index (χ0v) is 10.3. The molecule has 0 aliphatic carbocycles. The van der Waals surface area contributed by atoms with E-state index in [0.29, 0.717) is 12.8 Å². The molecule has 0 amide bonds. The number of carbonyl (C=O) groups is 3. The number of carboxylic acids is 1. The van der Waals surface area contributed by atoms with E-state index < -0.39 is 17.9 Å². The fourth-order valence-electron chi connectivity index (χ4n) is 1.05. The van der Waals surface area contributed by atoms with Crippen LogP contribution in [0.15, 0.2) is 0 Å². The molecule has 0 atom stereocenters. The van der Waals surface area contributed by atoms with Crippen LogP contribution in [0.3, 0.4) is 0 Å². The van der Waals surface area contributed by atoms with Gasteiger partial charge in [-0.25, -0.2) is 4.79 Å². The topological polar surface area (TPSA) is 99.1 Å². The van der Waals surface area contributed by atoms with E-state index in [1.54, 1.807) is 0 Å². The highest BCUT2D eigenvalue weighted by atomic mass is 16.6. The van der Waals surface area contributed by atoms with Gasteiger partial charge in [0.15, 0.2) is 0 Å². The average molecular weight is 262 g/mol.